The summed E-state index contributed by atoms with van der Waals surface area (Å²) in [5, 5.41) is 31.5. The molecule has 4 fully saturated rings. The first-order valence-electron chi connectivity index (χ1n) is 15.5. The Kier molecular flexibility index (Phi) is 6.76. The van der Waals surface area contributed by atoms with Crippen LogP contribution in [0, 0.1) is 35.5 Å². The summed E-state index contributed by atoms with van der Waals surface area (Å²) < 4.78 is 15.3. The molecule has 0 unspecified atom stereocenters. The maximum absolute atomic E-state index is 13.8. The van der Waals surface area contributed by atoms with Crippen LogP contribution in [0.3, 0.4) is 0 Å². The number of aromatic nitrogens is 1. The third-order valence-electron chi connectivity index (χ3n) is 11.8. The minimum atomic E-state index is -1.36. The van der Waals surface area contributed by atoms with Crippen molar-refractivity contribution in [1.29, 1.82) is 0 Å². The second-order valence-electron chi connectivity index (χ2n) is 13.9. The van der Waals surface area contributed by atoms with E-state index in [9.17, 15) is 24.9 Å². The Hall–Kier alpha value is -2.88. The Morgan fingerprint density at radius 1 is 1.19 bits per heavy atom. The number of hydrogen-bond acceptors (Lipinski definition) is 7. The van der Waals surface area contributed by atoms with Gasteiger partial charge in [0.05, 0.1) is 18.8 Å². The highest BCUT2D eigenvalue weighted by Crippen LogP contribution is 2.70. The average molecular weight is 588 g/mol. The molecular formula is C35H41NO7. The topological polar surface area (TPSA) is 118 Å². The number of hydrogen-bond donors (Lipinski definition) is 3. The van der Waals surface area contributed by atoms with Gasteiger partial charge in [-0.05, 0) is 79.4 Å². The zero-order valence-corrected chi connectivity index (χ0v) is 25.0. The van der Waals surface area contributed by atoms with Crippen LogP contribution in [-0.4, -0.2) is 55.9 Å². The number of fused-ring (bicyclic) bond motifs is 7. The quantitative estimate of drug-likeness (QED) is 0.469. The van der Waals surface area contributed by atoms with Crippen molar-refractivity contribution in [2.75, 3.05) is 6.61 Å². The zero-order valence-electron chi connectivity index (χ0n) is 25.0. The fourth-order valence-corrected chi connectivity index (χ4v) is 9.78. The van der Waals surface area contributed by atoms with Crippen LogP contribution in [0.1, 0.15) is 68.1 Å². The number of aliphatic hydroxyl groups is 3. The van der Waals surface area contributed by atoms with E-state index in [1.165, 1.54) is 0 Å². The molecule has 1 aliphatic heterocycles. The molecule has 9 atom stereocenters. The van der Waals surface area contributed by atoms with Crippen molar-refractivity contribution >= 4 is 11.6 Å². The normalized spacial score (nSPS) is 39.6. The van der Waals surface area contributed by atoms with E-state index in [-0.39, 0.29) is 35.9 Å². The Morgan fingerprint density at radius 2 is 2.00 bits per heavy atom. The van der Waals surface area contributed by atoms with Crippen molar-refractivity contribution in [3.63, 3.8) is 0 Å². The lowest BCUT2D eigenvalue weighted by Gasteiger charge is -2.59. The molecule has 2 aromatic rings. The maximum Gasteiger partial charge on any atom is 0.193 e. The first-order chi connectivity index (χ1) is 20.5. The van der Waals surface area contributed by atoms with E-state index < -0.39 is 41.5 Å². The second-order valence-corrected chi connectivity index (χ2v) is 13.9. The number of ketones is 2. The molecular weight excluding hydrogens is 546 g/mol. The van der Waals surface area contributed by atoms with E-state index in [0.717, 1.165) is 40.7 Å². The van der Waals surface area contributed by atoms with Crippen molar-refractivity contribution in [3.8, 4) is 0 Å². The lowest BCUT2D eigenvalue weighted by Crippen LogP contribution is -2.63. The van der Waals surface area contributed by atoms with Gasteiger partial charge in [-0.25, -0.2) is 0 Å². The highest BCUT2D eigenvalue weighted by molar-refractivity contribution is 6.01. The van der Waals surface area contributed by atoms with Crippen molar-refractivity contribution in [2.24, 2.45) is 28.6 Å². The van der Waals surface area contributed by atoms with Crippen molar-refractivity contribution < 1.29 is 34.4 Å². The van der Waals surface area contributed by atoms with Crippen LogP contribution >= 0.6 is 0 Å². The molecule has 7 rings (SSSR count). The van der Waals surface area contributed by atoms with E-state index in [2.05, 4.69) is 13.0 Å². The number of ether oxygens (including phenoxy) is 2. The summed E-state index contributed by atoms with van der Waals surface area (Å²) in [6.45, 7) is 6.16. The zero-order chi connectivity index (χ0) is 30.3. The van der Waals surface area contributed by atoms with Crippen LogP contribution in [0.25, 0.3) is 0 Å². The van der Waals surface area contributed by atoms with Crippen LogP contribution in [0.15, 0.2) is 60.5 Å². The van der Waals surface area contributed by atoms with E-state index in [1.54, 1.807) is 12.2 Å². The largest absolute Gasteiger partial charge is 0.393 e. The molecule has 228 valence electrons. The van der Waals surface area contributed by atoms with Crippen molar-refractivity contribution in [2.45, 2.75) is 83.7 Å². The number of rotatable bonds is 6. The second kappa shape index (κ2) is 10.1. The first kappa shape index (κ1) is 28.9. The molecule has 2 heterocycles. The molecule has 43 heavy (non-hydrogen) atoms. The van der Waals surface area contributed by atoms with Crippen LogP contribution < -0.4 is 0 Å². The highest BCUT2D eigenvalue weighted by Gasteiger charge is 2.75. The van der Waals surface area contributed by atoms with Crippen molar-refractivity contribution in [1.82, 2.24) is 4.57 Å². The molecule has 0 spiro atoms. The summed E-state index contributed by atoms with van der Waals surface area (Å²) in [6, 6.07) is 7.96. The van der Waals surface area contributed by atoms with Crippen LogP contribution in [-0.2, 0) is 32.2 Å². The highest BCUT2D eigenvalue weighted by atomic mass is 16.7. The van der Waals surface area contributed by atoms with Gasteiger partial charge in [-0.2, -0.15) is 0 Å². The van der Waals surface area contributed by atoms with E-state index in [0.29, 0.717) is 19.4 Å². The number of allylic oxidation sites excluding steroid dienone is 4. The van der Waals surface area contributed by atoms with Crippen LogP contribution in [0.5, 0.6) is 0 Å². The molecule has 1 aromatic carbocycles. The molecule has 4 aliphatic carbocycles. The molecule has 5 aliphatic rings. The molecule has 8 nitrogen and oxygen atoms in total. The van der Waals surface area contributed by atoms with E-state index >= 15 is 0 Å². The van der Waals surface area contributed by atoms with Gasteiger partial charge in [0.25, 0.3) is 0 Å². The fourth-order valence-electron chi connectivity index (χ4n) is 9.78. The van der Waals surface area contributed by atoms with Gasteiger partial charge in [-0.1, -0.05) is 43.7 Å². The SMILES string of the molecule is Cc1cc(Cn2ccc([C@@H]3O[C@@H]4C[C@H]5[C@@H]6CCC7=CC(=O)C=C[C@]7(C)[C@H]6[C@@H](O)C[C@]5(C)[C@]4(C(=O)CO)O3)c2)ccc1CO. The molecule has 0 amide bonds. The molecule has 1 saturated heterocycles. The van der Waals surface area contributed by atoms with E-state index in [1.807, 2.05) is 55.1 Å². The van der Waals surface area contributed by atoms with Gasteiger partial charge in [0, 0.05) is 41.2 Å². The number of aliphatic hydroxyl groups excluding tert-OH is 3. The number of benzene rings is 1. The number of nitrogens with zero attached hydrogens (tertiary/aromatic N) is 1. The minimum absolute atomic E-state index is 0.000322. The van der Waals surface area contributed by atoms with Crippen molar-refractivity contribution in [3.05, 3.63) is 82.7 Å². The number of Topliss-reactive ketones (excluding diaryl/α,β-unsaturated/α-hetero) is 1. The molecule has 3 saturated carbocycles. The van der Waals surface area contributed by atoms with Gasteiger partial charge >= 0.3 is 0 Å². The van der Waals surface area contributed by atoms with E-state index in [4.69, 9.17) is 9.47 Å². The Morgan fingerprint density at radius 3 is 2.74 bits per heavy atom. The molecule has 0 bridgehead atoms. The summed E-state index contributed by atoms with van der Waals surface area (Å²) in [7, 11) is 0. The molecule has 0 radical (unpaired) electrons. The summed E-state index contributed by atoms with van der Waals surface area (Å²) in [4.78, 5) is 25.9. The summed E-state index contributed by atoms with van der Waals surface area (Å²) >= 11 is 0. The fraction of sp³-hybridized carbons (Fsp3) is 0.543. The third kappa shape index (κ3) is 4.07. The molecule has 3 N–H and O–H groups in total. The Labute approximate surface area is 252 Å². The van der Waals surface area contributed by atoms with Gasteiger partial charge in [0.15, 0.2) is 23.5 Å². The van der Waals surface area contributed by atoms with Crippen LogP contribution in [0.2, 0.25) is 0 Å². The van der Waals surface area contributed by atoms with Gasteiger partial charge in [0.1, 0.15) is 6.61 Å². The summed E-state index contributed by atoms with van der Waals surface area (Å²) in [5.74, 6) is -0.285. The Balaban J connectivity index is 1.17. The predicted octanol–water partition coefficient (Wildman–Crippen LogP) is 3.94. The van der Waals surface area contributed by atoms with Gasteiger partial charge in [0.2, 0.25) is 0 Å². The van der Waals surface area contributed by atoms with Gasteiger partial charge in [-0.3, -0.25) is 9.59 Å². The van der Waals surface area contributed by atoms with Gasteiger partial charge in [-0.15, -0.1) is 0 Å². The monoisotopic (exact) mass is 587 g/mol. The third-order valence-corrected chi connectivity index (χ3v) is 11.8. The smallest absolute Gasteiger partial charge is 0.193 e. The minimum Gasteiger partial charge on any atom is -0.393 e. The Bertz CT molecular complexity index is 1540. The number of carbonyl (C=O) groups is 2. The lowest BCUT2D eigenvalue weighted by molar-refractivity contribution is -0.201. The standard InChI is InChI=1S/C35H41NO7/c1-20-12-21(4-5-23(20)18-37)16-36-11-9-22(17-36)32-42-30-14-27-26-7-6-24-13-25(39)8-10-33(24,2)31(26)28(40)15-34(27,3)35(30,43-32)29(41)19-38/h4-5,8-13,17,26-28,30-32,37-38,40H,6-7,14-16,18-19H2,1-3H3/t26-,27-,28-,30+,31+,32+,33-,34-,35+/m0/s1. The number of aryl methyl sites for hydroxylation is 1. The summed E-state index contributed by atoms with van der Waals surface area (Å²) in [5.41, 5.74) is 2.43. The lowest BCUT2D eigenvalue weighted by atomic mass is 9.46. The molecule has 1 aromatic heterocycles. The number of carbonyl (C=O) groups excluding carboxylic acids is 2. The van der Waals surface area contributed by atoms with Crippen LogP contribution in [0.4, 0.5) is 0 Å². The summed E-state index contributed by atoms with van der Waals surface area (Å²) in [6.07, 6.45) is 9.83. The molecule has 8 heteroatoms. The van der Waals surface area contributed by atoms with Gasteiger partial charge < -0.3 is 29.4 Å². The average Bonchev–Trinajstić information content (AvgIpc) is 3.65. The first-order valence-corrected chi connectivity index (χ1v) is 15.5. The predicted molar refractivity (Wildman–Crippen MR) is 158 cm³/mol. The maximum atomic E-state index is 13.8.